The Morgan fingerprint density at radius 3 is 2.26 bits per heavy atom. The van der Waals surface area contributed by atoms with Crippen LogP contribution in [0.15, 0.2) is 66.7 Å². The van der Waals surface area contributed by atoms with Gasteiger partial charge in [-0.25, -0.2) is 0 Å². The van der Waals surface area contributed by atoms with E-state index in [1.807, 2.05) is 50.5 Å². The first-order valence-corrected chi connectivity index (χ1v) is 10.3. The third kappa shape index (κ3) is 10.3. The largest absolute Gasteiger partial charge is 0.494 e. The summed E-state index contributed by atoms with van der Waals surface area (Å²) in [5.41, 5.74) is 5.26. The third-order valence-electron chi connectivity index (χ3n) is 4.22. The fourth-order valence-electron chi connectivity index (χ4n) is 2.59. The van der Waals surface area contributed by atoms with E-state index in [2.05, 4.69) is 15.8 Å². The lowest BCUT2D eigenvalue weighted by molar-refractivity contribution is -0.121. The number of hydrogen-bond donors (Lipinski definition) is 2. The van der Waals surface area contributed by atoms with Gasteiger partial charge in [-0.15, -0.1) is 0 Å². The molecule has 0 aromatic heterocycles. The molecule has 0 radical (unpaired) electrons. The maximum atomic E-state index is 12.1. The van der Waals surface area contributed by atoms with Crippen molar-refractivity contribution in [3.8, 4) is 11.5 Å². The molecule has 0 saturated carbocycles. The predicted molar refractivity (Wildman–Crippen MR) is 121 cm³/mol. The van der Waals surface area contributed by atoms with Gasteiger partial charge in [0.15, 0.2) is 0 Å². The summed E-state index contributed by atoms with van der Waals surface area (Å²) in [6.45, 7) is 2.11. The number of nitrogens with one attached hydrogen (secondary N) is 2. The summed E-state index contributed by atoms with van der Waals surface area (Å²) in [5, 5.41) is 0. The van der Waals surface area contributed by atoms with Gasteiger partial charge in [-0.3, -0.25) is 20.4 Å². The smallest absolute Gasteiger partial charge is 0.269 e. The summed E-state index contributed by atoms with van der Waals surface area (Å²) in [6, 6.07) is 16.4. The number of carbonyl (C=O) groups excluding carboxylic acids is 2. The maximum absolute atomic E-state index is 12.1. The zero-order valence-corrected chi connectivity index (χ0v) is 18.2. The minimum Gasteiger partial charge on any atom is -0.494 e. The molecule has 31 heavy (non-hydrogen) atoms. The molecular formula is C24H31N3O4. The van der Waals surface area contributed by atoms with Crippen LogP contribution in [0.2, 0.25) is 0 Å². The van der Waals surface area contributed by atoms with Crippen LogP contribution in [0.4, 0.5) is 0 Å². The zero-order chi connectivity index (χ0) is 22.3. The predicted octanol–water partition coefficient (Wildman–Crippen LogP) is 3.19. The highest BCUT2D eigenvalue weighted by molar-refractivity contribution is 5.95. The van der Waals surface area contributed by atoms with Crippen LogP contribution in [-0.4, -0.2) is 50.6 Å². The van der Waals surface area contributed by atoms with Crippen LogP contribution in [0.3, 0.4) is 0 Å². The molecule has 0 atom stereocenters. The molecule has 7 nitrogen and oxygen atoms in total. The van der Waals surface area contributed by atoms with E-state index in [9.17, 15) is 9.59 Å². The summed E-state index contributed by atoms with van der Waals surface area (Å²) in [7, 11) is 4.04. The van der Waals surface area contributed by atoms with E-state index in [-0.39, 0.29) is 18.2 Å². The van der Waals surface area contributed by atoms with E-state index in [1.54, 1.807) is 30.3 Å². The SMILES string of the molecule is CN(C)CCCOc1ccc(C(=O)NNC(=O)CC=CCCOc2ccccc2)cc1. The first-order chi connectivity index (χ1) is 15.0. The van der Waals surface area contributed by atoms with Gasteiger partial charge >= 0.3 is 0 Å². The molecule has 166 valence electrons. The van der Waals surface area contributed by atoms with E-state index in [0.717, 1.165) is 18.7 Å². The number of para-hydroxylation sites is 1. The van der Waals surface area contributed by atoms with Gasteiger partial charge in [0.25, 0.3) is 5.91 Å². The van der Waals surface area contributed by atoms with Crippen molar-refractivity contribution in [2.75, 3.05) is 33.9 Å². The molecule has 2 amide bonds. The molecule has 0 aliphatic rings. The Hall–Kier alpha value is -3.32. The lowest BCUT2D eigenvalue weighted by Crippen LogP contribution is -2.41. The second-order valence-corrected chi connectivity index (χ2v) is 7.16. The minimum absolute atomic E-state index is 0.172. The van der Waals surface area contributed by atoms with Crippen molar-refractivity contribution in [2.45, 2.75) is 19.3 Å². The monoisotopic (exact) mass is 425 g/mol. The maximum Gasteiger partial charge on any atom is 0.269 e. The van der Waals surface area contributed by atoms with Crippen molar-refractivity contribution < 1.29 is 19.1 Å². The molecule has 2 N–H and O–H groups in total. The van der Waals surface area contributed by atoms with Crippen LogP contribution in [-0.2, 0) is 4.79 Å². The molecule has 0 bridgehead atoms. The van der Waals surface area contributed by atoms with Crippen molar-refractivity contribution in [1.29, 1.82) is 0 Å². The molecule has 2 aromatic rings. The summed E-state index contributed by atoms with van der Waals surface area (Å²) in [6.07, 6.45) is 5.42. The van der Waals surface area contributed by atoms with Crippen LogP contribution in [0.1, 0.15) is 29.6 Å². The Balaban J connectivity index is 1.59. The average Bonchev–Trinajstić information content (AvgIpc) is 2.78. The fraction of sp³-hybridized carbons (Fsp3) is 0.333. The van der Waals surface area contributed by atoms with Gasteiger partial charge in [-0.05, 0) is 63.3 Å². The fourth-order valence-corrected chi connectivity index (χ4v) is 2.59. The number of hydrazine groups is 1. The molecule has 0 saturated heterocycles. The Labute approximate surface area is 184 Å². The summed E-state index contributed by atoms with van der Waals surface area (Å²) in [4.78, 5) is 26.1. The highest BCUT2D eigenvalue weighted by Crippen LogP contribution is 2.12. The first-order valence-electron chi connectivity index (χ1n) is 10.3. The van der Waals surface area contributed by atoms with E-state index in [4.69, 9.17) is 9.47 Å². The molecule has 0 fully saturated rings. The Bertz CT molecular complexity index is 820. The van der Waals surface area contributed by atoms with Crippen molar-refractivity contribution in [1.82, 2.24) is 15.8 Å². The van der Waals surface area contributed by atoms with Crippen LogP contribution >= 0.6 is 0 Å². The highest BCUT2D eigenvalue weighted by Gasteiger charge is 2.07. The molecule has 0 spiro atoms. The van der Waals surface area contributed by atoms with Gasteiger partial charge < -0.3 is 14.4 Å². The molecule has 7 heteroatoms. The molecule has 0 unspecified atom stereocenters. The Morgan fingerprint density at radius 2 is 1.55 bits per heavy atom. The zero-order valence-electron chi connectivity index (χ0n) is 18.2. The van der Waals surface area contributed by atoms with Gasteiger partial charge in [0.05, 0.1) is 13.2 Å². The molecule has 0 aliphatic carbocycles. The lowest BCUT2D eigenvalue weighted by atomic mass is 10.2. The normalized spacial score (nSPS) is 10.8. The van der Waals surface area contributed by atoms with E-state index in [1.165, 1.54) is 0 Å². The highest BCUT2D eigenvalue weighted by atomic mass is 16.5. The number of hydrogen-bond acceptors (Lipinski definition) is 5. The Kier molecular flexibility index (Phi) is 10.7. The molecule has 2 rings (SSSR count). The quantitative estimate of drug-likeness (QED) is 0.310. The number of carbonyl (C=O) groups is 2. The molecule has 0 heterocycles. The van der Waals surface area contributed by atoms with Gasteiger partial charge in [-0.2, -0.15) is 0 Å². The van der Waals surface area contributed by atoms with Crippen molar-refractivity contribution in [3.05, 3.63) is 72.3 Å². The second kappa shape index (κ2) is 13.8. The number of ether oxygens (including phenoxy) is 2. The summed E-state index contributed by atoms with van der Waals surface area (Å²) in [5.74, 6) is 0.850. The standard InChI is InChI=1S/C24H31N3O4/c1-27(2)17-9-19-31-22-15-13-20(14-16-22)24(29)26-25-23(28)12-7-4-8-18-30-21-10-5-3-6-11-21/h3-7,10-11,13-16H,8-9,12,17-19H2,1-2H3,(H,25,28)(H,26,29). The van der Waals surface area contributed by atoms with Crippen LogP contribution in [0, 0.1) is 0 Å². The van der Waals surface area contributed by atoms with E-state index >= 15 is 0 Å². The molecule has 2 aromatic carbocycles. The van der Waals surface area contributed by atoms with Crippen molar-refractivity contribution in [3.63, 3.8) is 0 Å². The van der Waals surface area contributed by atoms with Crippen molar-refractivity contribution in [2.24, 2.45) is 0 Å². The lowest BCUT2D eigenvalue weighted by Gasteiger charge is -2.11. The van der Waals surface area contributed by atoms with Crippen LogP contribution < -0.4 is 20.3 Å². The summed E-state index contributed by atoms with van der Waals surface area (Å²) < 4.78 is 11.2. The second-order valence-electron chi connectivity index (χ2n) is 7.16. The topological polar surface area (TPSA) is 79.9 Å². The van der Waals surface area contributed by atoms with Gasteiger partial charge in [0.2, 0.25) is 5.91 Å². The first kappa shape index (κ1) is 24.0. The number of nitrogens with zero attached hydrogens (tertiary/aromatic N) is 1. The van der Waals surface area contributed by atoms with Gasteiger partial charge in [0, 0.05) is 18.5 Å². The molecular weight excluding hydrogens is 394 g/mol. The molecule has 0 aliphatic heterocycles. The van der Waals surface area contributed by atoms with Gasteiger partial charge in [-0.1, -0.05) is 30.4 Å². The minimum atomic E-state index is -0.382. The third-order valence-corrected chi connectivity index (χ3v) is 4.22. The van der Waals surface area contributed by atoms with Gasteiger partial charge in [0.1, 0.15) is 11.5 Å². The van der Waals surface area contributed by atoms with Crippen molar-refractivity contribution >= 4 is 11.8 Å². The number of amides is 2. The average molecular weight is 426 g/mol. The summed E-state index contributed by atoms with van der Waals surface area (Å²) >= 11 is 0. The van der Waals surface area contributed by atoms with E-state index < -0.39 is 0 Å². The number of benzene rings is 2. The Morgan fingerprint density at radius 1 is 0.871 bits per heavy atom. The van der Waals surface area contributed by atoms with E-state index in [0.29, 0.717) is 30.9 Å². The van der Waals surface area contributed by atoms with Crippen LogP contribution in [0.5, 0.6) is 11.5 Å². The van der Waals surface area contributed by atoms with Crippen LogP contribution in [0.25, 0.3) is 0 Å². The number of rotatable bonds is 12.